The number of rotatable bonds is 5. The van der Waals surface area contributed by atoms with Gasteiger partial charge in [0.15, 0.2) is 11.6 Å². The highest BCUT2D eigenvalue weighted by Gasteiger charge is 2.29. The third kappa shape index (κ3) is 4.88. The molecule has 5 rings (SSSR count). The first-order valence-corrected chi connectivity index (χ1v) is 11.3. The predicted octanol–water partition coefficient (Wildman–Crippen LogP) is 3.59. The van der Waals surface area contributed by atoms with E-state index in [9.17, 15) is 13.6 Å². The maximum Gasteiger partial charge on any atom is 0.254 e. The van der Waals surface area contributed by atoms with Crippen LogP contribution in [-0.2, 0) is 17.7 Å². The van der Waals surface area contributed by atoms with Crippen LogP contribution in [0.15, 0.2) is 42.5 Å². The van der Waals surface area contributed by atoms with Gasteiger partial charge in [-0.1, -0.05) is 0 Å². The first-order chi connectivity index (χ1) is 17.0. The molecule has 1 amide bonds. The van der Waals surface area contributed by atoms with Crippen molar-refractivity contribution in [3.05, 3.63) is 70.9 Å². The molecule has 3 heterocycles. The van der Waals surface area contributed by atoms with Crippen LogP contribution < -0.4 is 14.4 Å². The minimum atomic E-state index is -0.841. The van der Waals surface area contributed by atoms with Crippen LogP contribution in [0, 0.1) is 11.6 Å². The minimum absolute atomic E-state index is 0.147. The Hall–Kier alpha value is -3.79. The molecule has 3 aromatic rings. The van der Waals surface area contributed by atoms with E-state index in [0.29, 0.717) is 62.1 Å². The molecule has 0 unspecified atom stereocenters. The summed E-state index contributed by atoms with van der Waals surface area (Å²) in [6, 6.07) is 9.97. The average Bonchev–Trinajstić information content (AvgIpc) is 2.90. The molecule has 8 nitrogen and oxygen atoms in total. The van der Waals surface area contributed by atoms with Crippen molar-refractivity contribution in [2.24, 2.45) is 0 Å². The molecule has 35 heavy (non-hydrogen) atoms. The van der Waals surface area contributed by atoms with E-state index in [1.807, 2.05) is 4.90 Å². The van der Waals surface area contributed by atoms with Gasteiger partial charge < -0.3 is 24.0 Å². The third-order valence-electron chi connectivity index (χ3n) is 6.03. The van der Waals surface area contributed by atoms with E-state index in [4.69, 9.17) is 19.2 Å². The summed E-state index contributed by atoms with van der Waals surface area (Å²) in [5, 5.41) is 0. The third-order valence-corrected chi connectivity index (χ3v) is 6.03. The van der Waals surface area contributed by atoms with Gasteiger partial charge in [0.1, 0.15) is 11.6 Å². The van der Waals surface area contributed by atoms with Gasteiger partial charge in [-0.15, -0.1) is 0 Å². The molecule has 1 fully saturated rings. The molecule has 0 aliphatic carbocycles. The Labute approximate surface area is 201 Å². The maximum absolute atomic E-state index is 14.4. The zero-order chi connectivity index (χ0) is 24.4. The van der Waals surface area contributed by atoms with Crippen LogP contribution in [-0.4, -0.2) is 60.7 Å². The van der Waals surface area contributed by atoms with Gasteiger partial charge >= 0.3 is 0 Å². The number of amides is 1. The second kappa shape index (κ2) is 9.83. The number of nitrogens with zero attached hydrogens (tertiary/aromatic N) is 4. The number of hydrogen-bond donors (Lipinski definition) is 0. The first-order valence-electron chi connectivity index (χ1n) is 11.3. The number of anilines is 1. The van der Waals surface area contributed by atoms with Crippen molar-refractivity contribution in [2.75, 3.05) is 44.9 Å². The number of hydrogen-bond acceptors (Lipinski definition) is 7. The molecule has 2 aromatic carbocycles. The zero-order valence-electron chi connectivity index (χ0n) is 19.2. The molecule has 0 radical (unpaired) electrons. The molecule has 0 bridgehead atoms. The van der Waals surface area contributed by atoms with Crippen LogP contribution in [0.5, 0.6) is 17.4 Å². The van der Waals surface area contributed by atoms with Gasteiger partial charge in [-0.25, -0.2) is 13.8 Å². The van der Waals surface area contributed by atoms with Crippen LogP contribution in [0.25, 0.3) is 0 Å². The first kappa shape index (κ1) is 23.0. The van der Waals surface area contributed by atoms with E-state index < -0.39 is 11.6 Å². The standard InChI is InChI=1S/C25H24F2N4O4/c1-33-18-5-2-16(3-6-18)24(32)31-9-8-21-19(15-31)23(35-22-7-4-17(26)14-20(22)27)29-25(28-21)30-10-12-34-13-11-30/h2-7,14H,8-13,15H2,1H3. The van der Waals surface area contributed by atoms with Gasteiger partial charge in [0, 0.05) is 37.7 Å². The van der Waals surface area contributed by atoms with Crippen molar-refractivity contribution in [3.8, 4) is 17.4 Å². The molecule has 10 heteroatoms. The molecule has 2 aliphatic heterocycles. The topological polar surface area (TPSA) is 77.0 Å². The van der Waals surface area contributed by atoms with E-state index in [1.165, 1.54) is 6.07 Å². The van der Waals surface area contributed by atoms with Gasteiger partial charge in [0.05, 0.1) is 38.1 Å². The quantitative estimate of drug-likeness (QED) is 0.550. The van der Waals surface area contributed by atoms with Gasteiger partial charge in [0.2, 0.25) is 11.8 Å². The highest BCUT2D eigenvalue weighted by atomic mass is 19.1. The highest BCUT2D eigenvalue weighted by molar-refractivity contribution is 5.94. The summed E-state index contributed by atoms with van der Waals surface area (Å²) >= 11 is 0. The predicted molar refractivity (Wildman–Crippen MR) is 123 cm³/mol. The normalized spacial score (nSPS) is 15.5. The second-order valence-electron chi connectivity index (χ2n) is 8.24. The Bertz CT molecular complexity index is 1230. The van der Waals surface area contributed by atoms with E-state index >= 15 is 0 Å². The molecule has 0 atom stereocenters. The minimum Gasteiger partial charge on any atom is -0.497 e. The van der Waals surface area contributed by atoms with Crippen LogP contribution in [0.4, 0.5) is 14.7 Å². The highest BCUT2D eigenvalue weighted by Crippen LogP contribution is 2.33. The van der Waals surface area contributed by atoms with Crippen molar-refractivity contribution in [2.45, 2.75) is 13.0 Å². The van der Waals surface area contributed by atoms with Crippen molar-refractivity contribution in [1.82, 2.24) is 14.9 Å². The molecule has 1 saturated heterocycles. The largest absolute Gasteiger partial charge is 0.497 e. The molecule has 2 aliphatic rings. The van der Waals surface area contributed by atoms with E-state index in [-0.39, 0.29) is 24.1 Å². The lowest BCUT2D eigenvalue weighted by Crippen LogP contribution is -2.39. The molecule has 0 spiro atoms. The number of morpholine rings is 1. The molecular formula is C25H24F2N4O4. The second-order valence-corrected chi connectivity index (χ2v) is 8.24. The van der Waals surface area contributed by atoms with Crippen molar-refractivity contribution >= 4 is 11.9 Å². The van der Waals surface area contributed by atoms with Crippen LogP contribution in [0.3, 0.4) is 0 Å². The SMILES string of the molecule is COc1ccc(C(=O)N2CCc3nc(N4CCOCC4)nc(Oc4ccc(F)cc4F)c3C2)cc1. The molecular weight excluding hydrogens is 458 g/mol. The fourth-order valence-corrected chi connectivity index (χ4v) is 4.11. The number of halogens is 2. The molecule has 182 valence electrons. The Morgan fingerprint density at radius 1 is 1.03 bits per heavy atom. The van der Waals surface area contributed by atoms with Crippen LogP contribution in [0.2, 0.25) is 0 Å². The number of methoxy groups -OCH3 is 1. The summed E-state index contributed by atoms with van der Waals surface area (Å²) in [4.78, 5) is 26.1. The number of fused-ring (bicyclic) bond motifs is 1. The Morgan fingerprint density at radius 3 is 2.51 bits per heavy atom. The monoisotopic (exact) mass is 482 g/mol. The molecule has 0 N–H and O–H groups in total. The van der Waals surface area contributed by atoms with Crippen LogP contribution in [0.1, 0.15) is 21.6 Å². The number of benzene rings is 2. The summed E-state index contributed by atoms with van der Waals surface area (Å²) in [5.74, 6) is -0.592. The summed E-state index contributed by atoms with van der Waals surface area (Å²) in [6.45, 7) is 2.99. The van der Waals surface area contributed by atoms with Gasteiger partial charge in [-0.05, 0) is 36.4 Å². The smallest absolute Gasteiger partial charge is 0.254 e. The number of carbonyl (C=O) groups is 1. The Kier molecular flexibility index (Phi) is 6.45. The summed E-state index contributed by atoms with van der Waals surface area (Å²) in [5.41, 5.74) is 1.85. The lowest BCUT2D eigenvalue weighted by Gasteiger charge is -2.32. The summed E-state index contributed by atoms with van der Waals surface area (Å²) < 4.78 is 44.3. The number of aromatic nitrogens is 2. The average molecular weight is 482 g/mol. The maximum atomic E-state index is 14.4. The van der Waals surface area contributed by atoms with E-state index in [1.54, 1.807) is 36.3 Å². The van der Waals surface area contributed by atoms with Crippen molar-refractivity contribution < 1.29 is 27.8 Å². The summed E-state index contributed by atoms with van der Waals surface area (Å²) in [7, 11) is 1.56. The number of ether oxygens (including phenoxy) is 3. The Morgan fingerprint density at radius 2 is 1.80 bits per heavy atom. The van der Waals surface area contributed by atoms with Gasteiger partial charge in [0.25, 0.3) is 5.91 Å². The van der Waals surface area contributed by atoms with E-state index in [0.717, 1.165) is 17.8 Å². The molecule has 0 saturated carbocycles. The van der Waals surface area contributed by atoms with Crippen LogP contribution >= 0.6 is 0 Å². The fourth-order valence-electron chi connectivity index (χ4n) is 4.11. The lowest BCUT2D eigenvalue weighted by molar-refractivity contribution is 0.0731. The fraction of sp³-hybridized carbons (Fsp3) is 0.320. The van der Waals surface area contributed by atoms with Gasteiger partial charge in [-0.2, -0.15) is 4.98 Å². The number of carbonyl (C=O) groups excluding carboxylic acids is 1. The Balaban J connectivity index is 1.48. The van der Waals surface area contributed by atoms with Crippen molar-refractivity contribution in [3.63, 3.8) is 0 Å². The van der Waals surface area contributed by atoms with Crippen molar-refractivity contribution in [1.29, 1.82) is 0 Å². The zero-order valence-corrected chi connectivity index (χ0v) is 19.2. The molecule has 1 aromatic heterocycles. The lowest BCUT2D eigenvalue weighted by atomic mass is 10.0. The van der Waals surface area contributed by atoms with E-state index in [2.05, 4.69) is 4.98 Å². The summed E-state index contributed by atoms with van der Waals surface area (Å²) in [6.07, 6.45) is 0.485. The van der Waals surface area contributed by atoms with Gasteiger partial charge in [-0.3, -0.25) is 4.79 Å².